The number of benzene rings is 2. The van der Waals surface area contributed by atoms with Crippen LogP contribution in [-0.4, -0.2) is 11.1 Å². The van der Waals surface area contributed by atoms with Gasteiger partial charge in [0.2, 0.25) is 0 Å². The summed E-state index contributed by atoms with van der Waals surface area (Å²) in [6.45, 7) is 0.159. The van der Waals surface area contributed by atoms with Gasteiger partial charge in [-0.25, -0.2) is 9.18 Å². The molecule has 0 unspecified atom stereocenters. The van der Waals surface area contributed by atoms with Crippen molar-refractivity contribution < 1.29 is 19.0 Å². The van der Waals surface area contributed by atoms with E-state index in [0.29, 0.717) is 10.6 Å². The van der Waals surface area contributed by atoms with Gasteiger partial charge in [-0.1, -0.05) is 35.9 Å². The molecule has 2 aromatic carbocycles. The minimum absolute atomic E-state index is 0.0185. The maximum atomic E-state index is 13.8. The molecule has 5 heteroatoms. The molecule has 2 aromatic rings. The SMILES string of the molecule is O=C(O)/C=C/c1cccc(F)c1OCc1ccc(Cl)cc1. The third kappa shape index (κ3) is 4.33. The van der Waals surface area contributed by atoms with Gasteiger partial charge in [0, 0.05) is 16.7 Å². The van der Waals surface area contributed by atoms with Crippen LogP contribution in [0.4, 0.5) is 4.39 Å². The van der Waals surface area contributed by atoms with Crippen molar-refractivity contribution in [3.63, 3.8) is 0 Å². The Bertz CT molecular complexity index is 666. The van der Waals surface area contributed by atoms with Crippen LogP contribution in [0.25, 0.3) is 6.08 Å². The zero-order valence-electron chi connectivity index (χ0n) is 10.9. The summed E-state index contributed by atoms with van der Waals surface area (Å²) in [5.74, 6) is -1.63. The second-order valence-electron chi connectivity index (χ2n) is 4.24. The molecule has 108 valence electrons. The van der Waals surface area contributed by atoms with E-state index in [2.05, 4.69) is 0 Å². The van der Waals surface area contributed by atoms with Gasteiger partial charge in [-0.2, -0.15) is 0 Å². The van der Waals surface area contributed by atoms with E-state index in [1.807, 2.05) is 0 Å². The average Bonchev–Trinajstić information content (AvgIpc) is 2.46. The molecule has 0 fully saturated rings. The summed E-state index contributed by atoms with van der Waals surface area (Å²) in [6.07, 6.45) is 2.23. The smallest absolute Gasteiger partial charge is 0.328 e. The lowest BCUT2D eigenvalue weighted by atomic mass is 10.1. The van der Waals surface area contributed by atoms with Crippen molar-refractivity contribution in [2.75, 3.05) is 0 Å². The molecule has 0 bridgehead atoms. The van der Waals surface area contributed by atoms with Crippen molar-refractivity contribution in [2.45, 2.75) is 6.61 Å². The molecule has 1 N–H and O–H groups in total. The van der Waals surface area contributed by atoms with Gasteiger partial charge in [-0.05, 0) is 29.8 Å². The number of carbonyl (C=O) groups is 1. The molecule has 0 saturated heterocycles. The number of halogens is 2. The van der Waals surface area contributed by atoms with E-state index in [9.17, 15) is 9.18 Å². The second kappa shape index (κ2) is 6.90. The molecule has 0 saturated carbocycles. The van der Waals surface area contributed by atoms with E-state index in [-0.39, 0.29) is 12.4 Å². The maximum absolute atomic E-state index is 13.8. The van der Waals surface area contributed by atoms with E-state index in [1.165, 1.54) is 18.2 Å². The summed E-state index contributed by atoms with van der Waals surface area (Å²) in [4.78, 5) is 10.5. The van der Waals surface area contributed by atoms with E-state index >= 15 is 0 Å². The number of hydrogen-bond acceptors (Lipinski definition) is 2. The van der Waals surface area contributed by atoms with E-state index in [1.54, 1.807) is 30.3 Å². The first-order chi connectivity index (χ1) is 10.1. The van der Waals surface area contributed by atoms with E-state index < -0.39 is 11.8 Å². The minimum atomic E-state index is -1.11. The normalized spacial score (nSPS) is 10.8. The summed E-state index contributed by atoms with van der Waals surface area (Å²) in [6, 6.07) is 11.3. The number of para-hydroxylation sites is 1. The van der Waals surface area contributed by atoms with Crippen LogP contribution in [-0.2, 0) is 11.4 Å². The molecule has 0 radical (unpaired) electrons. The molecule has 21 heavy (non-hydrogen) atoms. The molecule has 0 aliphatic carbocycles. The van der Waals surface area contributed by atoms with E-state index in [4.69, 9.17) is 21.4 Å². The van der Waals surface area contributed by atoms with Gasteiger partial charge in [-0.15, -0.1) is 0 Å². The third-order valence-electron chi connectivity index (χ3n) is 2.70. The first-order valence-corrected chi connectivity index (χ1v) is 6.51. The number of hydrogen-bond donors (Lipinski definition) is 1. The molecule has 3 nitrogen and oxygen atoms in total. The maximum Gasteiger partial charge on any atom is 0.328 e. The Hall–Kier alpha value is -2.33. The van der Waals surface area contributed by atoms with Crippen molar-refractivity contribution in [3.05, 3.63) is 70.5 Å². The van der Waals surface area contributed by atoms with Gasteiger partial charge in [0.15, 0.2) is 11.6 Å². The van der Waals surface area contributed by atoms with Gasteiger partial charge in [-0.3, -0.25) is 0 Å². The van der Waals surface area contributed by atoms with Crippen molar-refractivity contribution >= 4 is 23.6 Å². The number of ether oxygens (including phenoxy) is 1. The van der Waals surface area contributed by atoms with Crippen molar-refractivity contribution in [1.29, 1.82) is 0 Å². The molecule has 0 aliphatic heterocycles. The fourth-order valence-electron chi connectivity index (χ4n) is 1.71. The Labute approximate surface area is 126 Å². The predicted octanol–water partition coefficient (Wildman–Crippen LogP) is 4.16. The van der Waals surface area contributed by atoms with Gasteiger partial charge >= 0.3 is 5.97 Å². The van der Waals surface area contributed by atoms with Gasteiger partial charge in [0.1, 0.15) is 6.61 Å². The van der Waals surface area contributed by atoms with Crippen LogP contribution < -0.4 is 4.74 Å². The lowest BCUT2D eigenvalue weighted by Gasteiger charge is -2.10. The largest absolute Gasteiger partial charge is 0.485 e. The highest BCUT2D eigenvalue weighted by Gasteiger charge is 2.08. The topological polar surface area (TPSA) is 46.5 Å². The Morgan fingerprint density at radius 3 is 2.62 bits per heavy atom. The minimum Gasteiger partial charge on any atom is -0.485 e. The molecule has 0 atom stereocenters. The highest BCUT2D eigenvalue weighted by atomic mass is 35.5. The molecular formula is C16H12ClFO3. The summed E-state index contributed by atoms with van der Waals surface area (Å²) in [5, 5.41) is 9.24. The lowest BCUT2D eigenvalue weighted by molar-refractivity contribution is -0.131. The van der Waals surface area contributed by atoms with Crippen molar-refractivity contribution in [2.24, 2.45) is 0 Å². The Morgan fingerprint density at radius 1 is 1.24 bits per heavy atom. The molecular weight excluding hydrogens is 295 g/mol. The lowest BCUT2D eigenvalue weighted by Crippen LogP contribution is -1.99. The Kier molecular flexibility index (Phi) is 4.95. The molecule has 0 aromatic heterocycles. The zero-order valence-corrected chi connectivity index (χ0v) is 11.7. The van der Waals surface area contributed by atoms with Crippen LogP contribution in [0.1, 0.15) is 11.1 Å². The predicted molar refractivity (Wildman–Crippen MR) is 78.9 cm³/mol. The fraction of sp³-hybridized carbons (Fsp3) is 0.0625. The van der Waals surface area contributed by atoms with Crippen molar-refractivity contribution in [3.8, 4) is 5.75 Å². The molecule has 0 aliphatic rings. The summed E-state index contributed by atoms with van der Waals surface area (Å²) < 4.78 is 19.3. The zero-order chi connectivity index (χ0) is 15.2. The molecule has 2 rings (SSSR count). The van der Waals surface area contributed by atoms with Gasteiger partial charge < -0.3 is 9.84 Å². The quantitative estimate of drug-likeness (QED) is 0.844. The summed E-state index contributed by atoms with van der Waals surface area (Å²) >= 11 is 5.78. The molecule has 0 amide bonds. The second-order valence-corrected chi connectivity index (χ2v) is 4.68. The van der Waals surface area contributed by atoms with Gasteiger partial charge in [0.25, 0.3) is 0 Å². The fourth-order valence-corrected chi connectivity index (χ4v) is 1.83. The van der Waals surface area contributed by atoms with Crippen LogP contribution in [0.15, 0.2) is 48.5 Å². The Balaban J connectivity index is 2.18. The monoisotopic (exact) mass is 306 g/mol. The number of rotatable bonds is 5. The molecule has 0 heterocycles. The van der Waals surface area contributed by atoms with Crippen LogP contribution in [0.5, 0.6) is 5.75 Å². The highest BCUT2D eigenvalue weighted by molar-refractivity contribution is 6.30. The first kappa shape index (κ1) is 15.1. The van der Waals surface area contributed by atoms with Crippen LogP contribution in [0.2, 0.25) is 5.02 Å². The first-order valence-electron chi connectivity index (χ1n) is 6.13. The third-order valence-corrected chi connectivity index (χ3v) is 2.95. The van der Waals surface area contributed by atoms with Crippen LogP contribution in [0, 0.1) is 5.82 Å². The number of carboxylic acid groups (broad SMARTS) is 1. The number of carboxylic acids is 1. The van der Waals surface area contributed by atoms with Crippen LogP contribution in [0.3, 0.4) is 0 Å². The summed E-state index contributed by atoms with van der Waals surface area (Å²) in [7, 11) is 0. The number of aliphatic carboxylic acids is 1. The summed E-state index contributed by atoms with van der Waals surface area (Å²) in [5.41, 5.74) is 1.20. The average molecular weight is 307 g/mol. The standard InChI is InChI=1S/C16H12ClFO3/c17-13-7-4-11(5-8-13)10-21-16-12(6-9-15(19)20)2-1-3-14(16)18/h1-9H,10H2,(H,19,20)/b9-6+. The Morgan fingerprint density at radius 2 is 1.95 bits per heavy atom. The van der Waals surface area contributed by atoms with Crippen LogP contribution >= 0.6 is 11.6 Å². The van der Waals surface area contributed by atoms with E-state index in [0.717, 1.165) is 11.6 Å². The van der Waals surface area contributed by atoms with Crippen molar-refractivity contribution in [1.82, 2.24) is 0 Å². The molecule has 0 spiro atoms. The highest BCUT2D eigenvalue weighted by Crippen LogP contribution is 2.25. The van der Waals surface area contributed by atoms with Gasteiger partial charge in [0.05, 0.1) is 0 Å².